The molecule has 1 atom stereocenters. The fourth-order valence-corrected chi connectivity index (χ4v) is 3.29. The minimum atomic E-state index is -0.0193. The van der Waals surface area contributed by atoms with E-state index in [4.69, 9.17) is 11.6 Å². The van der Waals surface area contributed by atoms with Crippen LogP contribution in [0.3, 0.4) is 0 Å². The van der Waals surface area contributed by atoms with Crippen LogP contribution in [-0.4, -0.2) is 24.4 Å². The number of fused-ring (bicyclic) bond motifs is 1. The summed E-state index contributed by atoms with van der Waals surface area (Å²) in [6.45, 7) is 0.367. The number of nitrogens with one attached hydrogen (secondary N) is 1. The molecule has 0 saturated heterocycles. The largest absolute Gasteiger partial charge is 0.325 e. The van der Waals surface area contributed by atoms with Crippen LogP contribution in [0.4, 0.5) is 5.69 Å². The van der Waals surface area contributed by atoms with E-state index < -0.39 is 0 Å². The monoisotopic (exact) mass is 314 g/mol. The molecular weight excluding hydrogens is 296 g/mol. The summed E-state index contributed by atoms with van der Waals surface area (Å²) >= 11 is 5.93. The number of hydrogen-bond donors (Lipinski definition) is 1. The lowest BCUT2D eigenvalue weighted by molar-refractivity contribution is -0.117. The van der Waals surface area contributed by atoms with Crippen molar-refractivity contribution in [2.24, 2.45) is 0 Å². The third-order valence-electron chi connectivity index (χ3n) is 4.13. The average molecular weight is 315 g/mol. The Morgan fingerprint density at radius 2 is 2.09 bits per heavy atom. The van der Waals surface area contributed by atoms with E-state index in [1.54, 1.807) is 12.1 Å². The molecule has 0 unspecified atom stereocenters. The predicted octanol–water partition coefficient (Wildman–Crippen LogP) is 3.90. The Hall–Kier alpha value is -1.84. The molecule has 1 aliphatic rings. The van der Waals surface area contributed by atoms with Gasteiger partial charge in [-0.25, -0.2) is 0 Å². The minimum absolute atomic E-state index is 0.0193. The molecular formula is C18H19ClN2O. The second-order valence-corrected chi connectivity index (χ2v) is 6.16. The van der Waals surface area contributed by atoms with E-state index in [-0.39, 0.29) is 5.91 Å². The summed E-state index contributed by atoms with van der Waals surface area (Å²) in [5.41, 5.74) is 3.48. The van der Waals surface area contributed by atoms with Crippen LogP contribution in [0, 0.1) is 0 Å². The standard InChI is InChI=1S/C18H19ClN2O/c1-21(17-10-9-13-5-2-3-8-16(13)17)12-18(22)20-15-7-4-6-14(19)11-15/h2-8,11,17H,9-10,12H2,1H3,(H,20,22)/t17-/m0/s1. The van der Waals surface area contributed by atoms with Gasteiger partial charge >= 0.3 is 0 Å². The first-order chi connectivity index (χ1) is 10.6. The zero-order chi connectivity index (χ0) is 15.5. The number of nitrogens with zero attached hydrogens (tertiary/aromatic N) is 1. The number of aryl methyl sites for hydroxylation is 1. The van der Waals surface area contributed by atoms with Crippen LogP contribution >= 0.6 is 11.6 Å². The molecule has 3 rings (SSSR count). The van der Waals surface area contributed by atoms with Crippen LogP contribution in [0.1, 0.15) is 23.6 Å². The molecule has 0 heterocycles. The highest BCUT2D eigenvalue weighted by Crippen LogP contribution is 2.34. The third-order valence-corrected chi connectivity index (χ3v) is 4.37. The van der Waals surface area contributed by atoms with Crippen molar-refractivity contribution >= 4 is 23.2 Å². The van der Waals surface area contributed by atoms with Gasteiger partial charge in [-0.15, -0.1) is 0 Å². The van der Waals surface area contributed by atoms with Gasteiger partial charge in [0.05, 0.1) is 6.54 Å². The Kier molecular flexibility index (Phi) is 4.46. The number of hydrogen-bond acceptors (Lipinski definition) is 2. The molecule has 0 aliphatic heterocycles. The maximum Gasteiger partial charge on any atom is 0.238 e. The van der Waals surface area contributed by atoms with E-state index >= 15 is 0 Å². The van der Waals surface area contributed by atoms with Gasteiger partial charge in [0.15, 0.2) is 0 Å². The van der Waals surface area contributed by atoms with Crippen molar-refractivity contribution in [1.29, 1.82) is 0 Å². The smallest absolute Gasteiger partial charge is 0.238 e. The number of likely N-dealkylation sites (N-methyl/N-ethyl adjacent to an activating group) is 1. The molecule has 4 heteroatoms. The molecule has 114 valence electrons. The number of halogens is 1. The first-order valence-corrected chi connectivity index (χ1v) is 7.85. The van der Waals surface area contributed by atoms with Crippen molar-refractivity contribution in [3.8, 4) is 0 Å². The topological polar surface area (TPSA) is 32.3 Å². The number of anilines is 1. The van der Waals surface area contributed by atoms with E-state index in [1.165, 1.54) is 11.1 Å². The van der Waals surface area contributed by atoms with Gasteiger partial charge in [-0.2, -0.15) is 0 Å². The van der Waals surface area contributed by atoms with Crippen molar-refractivity contribution in [3.63, 3.8) is 0 Å². The highest BCUT2D eigenvalue weighted by molar-refractivity contribution is 6.30. The molecule has 0 radical (unpaired) electrons. The number of amides is 1. The fraction of sp³-hybridized carbons (Fsp3) is 0.278. The zero-order valence-corrected chi connectivity index (χ0v) is 13.3. The van der Waals surface area contributed by atoms with Crippen molar-refractivity contribution in [1.82, 2.24) is 4.90 Å². The molecule has 22 heavy (non-hydrogen) atoms. The van der Waals surface area contributed by atoms with Gasteiger partial charge in [-0.1, -0.05) is 41.9 Å². The summed E-state index contributed by atoms with van der Waals surface area (Å²) in [5.74, 6) is -0.0193. The SMILES string of the molecule is CN(CC(=O)Nc1cccc(Cl)c1)[C@H]1CCc2ccccc21. The third kappa shape index (κ3) is 3.32. The molecule has 0 aromatic heterocycles. The van der Waals surface area contributed by atoms with Crippen LogP contribution in [0.5, 0.6) is 0 Å². The van der Waals surface area contributed by atoms with Crippen LogP contribution in [-0.2, 0) is 11.2 Å². The summed E-state index contributed by atoms with van der Waals surface area (Å²) in [6, 6.07) is 16.0. The summed E-state index contributed by atoms with van der Waals surface area (Å²) in [7, 11) is 2.00. The predicted molar refractivity (Wildman–Crippen MR) is 90.2 cm³/mol. The summed E-state index contributed by atoms with van der Waals surface area (Å²) in [5, 5.41) is 3.52. The van der Waals surface area contributed by atoms with Gasteiger partial charge in [0.1, 0.15) is 0 Å². The zero-order valence-electron chi connectivity index (χ0n) is 12.6. The Bertz CT molecular complexity index is 686. The quantitative estimate of drug-likeness (QED) is 0.928. The molecule has 2 aromatic rings. The minimum Gasteiger partial charge on any atom is -0.325 e. The Morgan fingerprint density at radius 3 is 2.91 bits per heavy atom. The second kappa shape index (κ2) is 6.51. The second-order valence-electron chi connectivity index (χ2n) is 5.73. The highest BCUT2D eigenvalue weighted by Gasteiger charge is 2.26. The average Bonchev–Trinajstić information content (AvgIpc) is 2.91. The number of benzene rings is 2. The van der Waals surface area contributed by atoms with Crippen molar-refractivity contribution in [3.05, 3.63) is 64.7 Å². The van der Waals surface area contributed by atoms with E-state index in [2.05, 4.69) is 34.5 Å². The Balaban J connectivity index is 1.62. The summed E-state index contributed by atoms with van der Waals surface area (Å²) in [6.07, 6.45) is 2.15. The molecule has 0 bridgehead atoms. The first kappa shape index (κ1) is 15.1. The first-order valence-electron chi connectivity index (χ1n) is 7.47. The number of carbonyl (C=O) groups excluding carboxylic acids is 1. The molecule has 0 spiro atoms. The number of carbonyl (C=O) groups is 1. The van der Waals surface area contributed by atoms with E-state index in [1.807, 2.05) is 19.2 Å². The van der Waals surface area contributed by atoms with Gasteiger partial charge in [0.2, 0.25) is 5.91 Å². The van der Waals surface area contributed by atoms with Gasteiger partial charge in [0, 0.05) is 16.8 Å². The van der Waals surface area contributed by atoms with Gasteiger partial charge in [-0.3, -0.25) is 9.69 Å². The summed E-state index contributed by atoms with van der Waals surface area (Å²) < 4.78 is 0. The molecule has 1 aliphatic carbocycles. The van der Waals surface area contributed by atoms with Crippen LogP contribution in [0.2, 0.25) is 5.02 Å². The highest BCUT2D eigenvalue weighted by atomic mass is 35.5. The van der Waals surface area contributed by atoms with E-state index in [0.29, 0.717) is 17.6 Å². The molecule has 0 fully saturated rings. The normalized spacial score (nSPS) is 16.6. The van der Waals surface area contributed by atoms with Gasteiger partial charge in [0.25, 0.3) is 0 Å². The molecule has 1 amide bonds. The van der Waals surface area contributed by atoms with E-state index in [9.17, 15) is 4.79 Å². The van der Waals surface area contributed by atoms with Crippen molar-refractivity contribution in [2.75, 3.05) is 18.9 Å². The van der Waals surface area contributed by atoms with E-state index in [0.717, 1.165) is 18.5 Å². The number of rotatable bonds is 4. The van der Waals surface area contributed by atoms with Crippen LogP contribution in [0.15, 0.2) is 48.5 Å². The van der Waals surface area contributed by atoms with Gasteiger partial charge in [-0.05, 0) is 49.2 Å². The molecule has 2 aromatic carbocycles. The maximum atomic E-state index is 12.2. The molecule has 0 saturated carbocycles. The Morgan fingerprint density at radius 1 is 1.27 bits per heavy atom. The van der Waals surface area contributed by atoms with Crippen molar-refractivity contribution in [2.45, 2.75) is 18.9 Å². The molecule has 1 N–H and O–H groups in total. The Labute approximate surface area is 135 Å². The summed E-state index contributed by atoms with van der Waals surface area (Å²) in [4.78, 5) is 14.3. The van der Waals surface area contributed by atoms with Gasteiger partial charge < -0.3 is 5.32 Å². The maximum absolute atomic E-state index is 12.2. The van der Waals surface area contributed by atoms with Crippen molar-refractivity contribution < 1.29 is 4.79 Å². The lowest BCUT2D eigenvalue weighted by Crippen LogP contribution is -2.32. The fourth-order valence-electron chi connectivity index (χ4n) is 3.10. The van der Waals surface area contributed by atoms with Crippen LogP contribution < -0.4 is 5.32 Å². The molecule has 3 nitrogen and oxygen atoms in total. The lowest BCUT2D eigenvalue weighted by atomic mass is 10.1. The lowest BCUT2D eigenvalue weighted by Gasteiger charge is -2.24. The van der Waals surface area contributed by atoms with Crippen LogP contribution in [0.25, 0.3) is 0 Å².